The molecule has 9 nitrogen and oxygen atoms in total. The van der Waals surface area contributed by atoms with E-state index in [9.17, 15) is 19.5 Å². The van der Waals surface area contributed by atoms with E-state index in [1.54, 1.807) is 52.0 Å². The molecular formula is C20H29N3O6. The zero-order valence-electron chi connectivity index (χ0n) is 17.3. The van der Waals surface area contributed by atoms with Gasteiger partial charge in [-0.15, -0.1) is 0 Å². The lowest BCUT2D eigenvalue weighted by molar-refractivity contribution is -0.178. The van der Waals surface area contributed by atoms with Gasteiger partial charge in [-0.1, -0.05) is 58.0 Å². The molecule has 29 heavy (non-hydrogen) atoms. The average molecular weight is 407 g/mol. The molecule has 9 heteroatoms. The SMILES string of the molecule is CC(C)C(=O)OC(OC(=O)NC(=N)N(C)C(Cc1ccccc1)C(=O)O)C(C)C. The standard InChI is InChI=1S/C20H29N3O6/c1-12(2)17(26)28-18(13(3)4)29-20(27)22-19(21)23(5)15(16(24)25)11-14-9-7-6-8-10-14/h6-10,12-13,15,18H,11H2,1-5H3,(H,24,25)(H2,21,22,27). The topological polar surface area (TPSA) is 129 Å². The summed E-state index contributed by atoms with van der Waals surface area (Å²) in [4.78, 5) is 36.7. The van der Waals surface area contributed by atoms with Crippen molar-refractivity contribution >= 4 is 24.0 Å². The maximum absolute atomic E-state index is 12.1. The molecule has 0 saturated carbocycles. The first-order valence-electron chi connectivity index (χ1n) is 9.29. The lowest BCUT2D eigenvalue weighted by atomic mass is 10.1. The van der Waals surface area contributed by atoms with Gasteiger partial charge in [0.1, 0.15) is 6.04 Å². The largest absolute Gasteiger partial charge is 0.480 e. The molecule has 0 heterocycles. The summed E-state index contributed by atoms with van der Waals surface area (Å²) in [6.45, 7) is 6.74. The van der Waals surface area contributed by atoms with E-state index < -0.39 is 36.3 Å². The van der Waals surface area contributed by atoms with Crippen LogP contribution in [0.5, 0.6) is 0 Å². The first kappa shape index (κ1) is 23.9. The van der Waals surface area contributed by atoms with Gasteiger partial charge in [0, 0.05) is 19.4 Å². The number of carbonyl (C=O) groups excluding carboxylic acids is 2. The Bertz CT molecular complexity index is 720. The highest BCUT2D eigenvalue weighted by Gasteiger charge is 2.28. The van der Waals surface area contributed by atoms with Crippen LogP contribution in [0.1, 0.15) is 33.3 Å². The summed E-state index contributed by atoms with van der Waals surface area (Å²) in [5, 5.41) is 19.7. The van der Waals surface area contributed by atoms with Crippen molar-refractivity contribution in [2.24, 2.45) is 11.8 Å². The molecule has 1 aromatic rings. The summed E-state index contributed by atoms with van der Waals surface area (Å²) in [7, 11) is 1.39. The number of ether oxygens (including phenoxy) is 2. The number of likely N-dealkylation sites (N-methyl/N-ethyl adjacent to an activating group) is 1. The number of hydrogen-bond donors (Lipinski definition) is 3. The molecule has 0 radical (unpaired) electrons. The van der Waals surface area contributed by atoms with Gasteiger partial charge in [0.25, 0.3) is 6.29 Å². The molecule has 0 saturated heterocycles. The lowest BCUT2D eigenvalue weighted by Gasteiger charge is -2.28. The molecule has 0 aliphatic rings. The summed E-state index contributed by atoms with van der Waals surface area (Å²) in [6, 6.07) is 7.90. The number of carboxylic acid groups (broad SMARTS) is 1. The van der Waals surface area contributed by atoms with E-state index in [1.165, 1.54) is 7.05 Å². The smallest absolute Gasteiger partial charge is 0.417 e. The Morgan fingerprint density at radius 1 is 1.10 bits per heavy atom. The molecular weight excluding hydrogens is 378 g/mol. The zero-order valence-corrected chi connectivity index (χ0v) is 17.3. The normalized spacial score (nSPS) is 12.8. The van der Waals surface area contributed by atoms with Gasteiger partial charge in [-0.05, 0) is 5.56 Å². The fourth-order valence-corrected chi connectivity index (χ4v) is 2.25. The fraction of sp³-hybridized carbons (Fsp3) is 0.500. The van der Waals surface area contributed by atoms with E-state index in [1.807, 2.05) is 6.07 Å². The number of esters is 1. The number of alkyl carbamates (subject to hydrolysis) is 1. The molecule has 0 aliphatic heterocycles. The van der Waals surface area contributed by atoms with Crippen LogP contribution >= 0.6 is 0 Å². The Kier molecular flexibility index (Phi) is 9.11. The summed E-state index contributed by atoms with van der Waals surface area (Å²) in [5.74, 6) is -2.79. The summed E-state index contributed by atoms with van der Waals surface area (Å²) >= 11 is 0. The fourth-order valence-electron chi connectivity index (χ4n) is 2.25. The number of nitrogens with one attached hydrogen (secondary N) is 2. The molecule has 2 atom stereocenters. The molecule has 3 N–H and O–H groups in total. The minimum absolute atomic E-state index is 0.145. The van der Waals surface area contributed by atoms with Gasteiger partial charge in [0.05, 0.1) is 5.92 Å². The maximum Gasteiger partial charge on any atom is 0.417 e. The molecule has 2 unspecified atom stereocenters. The van der Waals surface area contributed by atoms with Crippen molar-refractivity contribution in [1.82, 2.24) is 10.2 Å². The van der Waals surface area contributed by atoms with Gasteiger partial charge in [-0.2, -0.15) is 0 Å². The van der Waals surface area contributed by atoms with Crippen LogP contribution in [0.2, 0.25) is 0 Å². The Labute approximate surface area is 170 Å². The molecule has 0 bridgehead atoms. The number of carbonyl (C=O) groups is 3. The Morgan fingerprint density at radius 2 is 1.69 bits per heavy atom. The number of hydrogen-bond acceptors (Lipinski definition) is 6. The van der Waals surface area contributed by atoms with Gasteiger partial charge < -0.3 is 19.5 Å². The molecule has 0 fully saturated rings. The molecule has 1 amide bonds. The van der Waals surface area contributed by atoms with E-state index in [-0.39, 0.29) is 18.3 Å². The third-order valence-corrected chi connectivity index (χ3v) is 4.07. The predicted octanol–water partition coefficient (Wildman–Crippen LogP) is 2.46. The minimum Gasteiger partial charge on any atom is -0.480 e. The van der Waals surface area contributed by atoms with Gasteiger partial charge in [-0.25, -0.2) is 9.59 Å². The summed E-state index contributed by atoms with van der Waals surface area (Å²) in [6.07, 6.45) is -1.99. The molecule has 0 spiro atoms. The lowest BCUT2D eigenvalue weighted by Crippen LogP contribution is -2.51. The van der Waals surface area contributed by atoms with Crippen molar-refractivity contribution < 1.29 is 29.0 Å². The van der Waals surface area contributed by atoms with Crippen molar-refractivity contribution in [3.63, 3.8) is 0 Å². The number of amides is 1. The monoisotopic (exact) mass is 407 g/mol. The highest BCUT2D eigenvalue weighted by Crippen LogP contribution is 2.12. The van der Waals surface area contributed by atoms with Gasteiger partial charge >= 0.3 is 18.0 Å². The highest BCUT2D eigenvalue weighted by atomic mass is 16.7. The van der Waals surface area contributed by atoms with E-state index in [0.29, 0.717) is 0 Å². The Morgan fingerprint density at radius 3 is 2.17 bits per heavy atom. The summed E-state index contributed by atoms with van der Waals surface area (Å²) in [5.41, 5.74) is 0.780. The number of nitrogens with zero attached hydrogens (tertiary/aromatic N) is 1. The van der Waals surface area contributed by atoms with Gasteiger partial charge in [-0.3, -0.25) is 15.5 Å². The second kappa shape index (κ2) is 11.0. The van der Waals surface area contributed by atoms with Crippen molar-refractivity contribution in [3.05, 3.63) is 35.9 Å². The van der Waals surface area contributed by atoms with E-state index in [0.717, 1.165) is 10.5 Å². The van der Waals surface area contributed by atoms with E-state index in [2.05, 4.69) is 5.32 Å². The number of benzene rings is 1. The highest BCUT2D eigenvalue weighted by molar-refractivity contribution is 5.94. The van der Waals surface area contributed by atoms with Crippen LogP contribution in [0.15, 0.2) is 30.3 Å². The second-order valence-electron chi connectivity index (χ2n) is 7.24. The third-order valence-electron chi connectivity index (χ3n) is 4.07. The first-order valence-corrected chi connectivity index (χ1v) is 9.29. The molecule has 160 valence electrons. The van der Waals surface area contributed by atoms with Crippen molar-refractivity contribution in [1.29, 1.82) is 5.41 Å². The number of guanidine groups is 1. The average Bonchev–Trinajstić information content (AvgIpc) is 2.65. The second-order valence-corrected chi connectivity index (χ2v) is 7.24. The van der Waals surface area contributed by atoms with Crippen molar-refractivity contribution in [2.45, 2.75) is 46.4 Å². The van der Waals surface area contributed by atoms with E-state index >= 15 is 0 Å². The van der Waals surface area contributed by atoms with Crippen LogP contribution in [0.4, 0.5) is 4.79 Å². The van der Waals surface area contributed by atoms with Crippen molar-refractivity contribution in [3.8, 4) is 0 Å². The minimum atomic E-state index is -1.14. The van der Waals surface area contributed by atoms with E-state index in [4.69, 9.17) is 14.9 Å². The number of carboxylic acids is 1. The zero-order chi connectivity index (χ0) is 22.1. The number of aliphatic carboxylic acids is 1. The first-order chi connectivity index (χ1) is 13.5. The maximum atomic E-state index is 12.1. The molecule has 0 aliphatic carbocycles. The van der Waals surface area contributed by atoms with Crippen LogP contribution in [0.3, 0.4) is 0 Å². The van der Waals surface area contributed by atoms with Gasteiger partial charge in [0.15, 0.2) is 0 Å². The van der Waals surface area contributed by atoms with Crippen LogP contribution in [-0.4, -0.2) is 53.4 Å². The molecule has 1 aromatic carbocycles. The quantitative estimate of drug-likeness (QED) is 0.261. The molecule has 1 rings (SSSR count). The van der Waals surface area contributed by atoms with Crippen LogP contribution in [0.25, 0.3) is 0 Å². The van der Waals surface area contributed by atoms with Crippen molar-refractivity contribution in [2.75, 3.05) is 7.05 Å². The van der Waals surface area contributed by atoms with Gasteiger partial charge in [0.2, 0.25) is 5.96 Å². The van der Waals surface area contributed by atoms with Crippen LogP contribution in [-0.2, 0) is 25.5 Å². The Balaban J connectivity index is 2.74. The Hall–Kier alpha value is -3.10. The van der Waals surface area contributed by atoms with Crippen LogP contribution < -0.4 is 5.32 Å². The predicted molar refractivity (Wildman–Crippen MR) is 106 cm³/mol. The third kappa shape index (κ3) is 7.81. The van der Waals surface area contributed by atoms with Crippen LogP contribution in [0, 0.1) is 17.2 Å². The summed E-state index contributed by atoms with van der Waals surface area (Å²) < 4.78 is 10.3. The number of rotatable bonds is 8. The molecule has 0 aromatic heterocycles.